The van der Waals surface area contributed by atoms with Gasteiger partial charge in [-0.05, 0) is 41.8 Å². The molecule has 1 aromatic heterocycles. The maximum absolute atomic E-state index is 14.7. The summed E-state index contributed by atoms with van der Waals surface area (Å²) in [5, 5.41) is 16.8. The Morgan fingerprint density at radius 3 is 2.84 bits per heavy atom. The highest BCUT2D eigenvalue weighted by Crippen LogP contribution is 2.36. The average Bonchev–Trinajstić information content (AvgIpc) is 3.45. The first-order chi connectivity index (χ1) is 17.8. The van der Waals surface area contributed by atoms with Crippen molar-refractivity contribution in [2.45, 2.75) is 36.1 Å². The first kappa shape index (κ1) is 23.5. The first-order valence-electron chi connectivity index (χ1n) is 11.6. The fourth-order valence-electron chi connectivity index (χ4n) is 5.01. The number of anilines is 2. The molecule has 10 nitrogen and oxygen atoms in total. The number of hydrogen-bond donors (Lipinski definition) is 3. The van der Waals surface area contributed by atoms with Gasteiger partial charge in [0.05, 0.1) is 42.5 Å². The highest BCUT2D eigenvalue weighted by molar-refractivity contribution is 8.00. The zero-order chi connectivity index (χ0) is 25.8. The predicted octanol–water partition coefficient (Wildman–Crippen LogP) is 2.13. The lowest BCUT2D eigenvalue weighted by molar-refractivity contribution is -0.125. The number of thioether (sulfide) groups is 1. The molecule has 3 atom stereocenters. The lowest BCUT2D eigenvalue weighted by Gasteiger charge is -2.20. The summed E-state index contributed by atoms with van der Waals surface area (Å²) in [7, 11) is 0. The Morgan fingerprint density at radius 1 is 1.19 bits per heavy atom. The van der Waals surface area contributed by atoms with E-state index >= 15 is 0 Å². The minimum absolute atomic E-state index is 0.00531. The number of pyridine rings is 1. The zero-order valence-electron chi connectivity index (χ0n) is 19.3. The van der Waals surface area contributed by atoms with E-state index in [0.717, 1.165) is 4.90 Å². The van der Waals surface area contributed by atoms with Crippen LogP contribution in [0.5, 0.6) is 0 Å². The van der Waals surface area contributed by atoms with Crippen LogP contribution in [-0.2, 0) is 20.9 Å². The van der Waals surface area contributed by atoms with Crippen molar-refractivity contribution in [3.63, 3.8) is 0 Å². The maximum Gasteiger partial charge on any atom is 0.414 e. The van der Waals surface area contributed by atoms with Crippen LogP contribution in [0, 0.1) is 5.82 Å². The topological polar surface area (TPSA) is 130 Å². The Kier molecular flexibility index (Phi) is 5.64. The molecule has 1 saturated heterocycles. The fraction of sp³-hybridized carbons (Fsp3) is 0.280. The van der Waals surface area contributed by atoms with Crippen LogP contribution in [0.2, 0.25) is 0 Å². The largest absolute Gasteiger partial charge is 0.441 e. The van der Waals surface area contributed by atoms with E-state index in [1.807, 2.05) is 0 Å². The number of aliphatic hydroxyl groups excluding tert-OH is 1. The summed E-state index contributed by atoms with van der Waals surface area (Å²) in [5.41, 5.74) is 1.46. The molecular weight excluding hydrogens is 503 g/mol. The number of carbonyl (C=O) groups excluding carboxylic acids is 3. The van der Waals surface area contributed by atoms with Gasteiger partial charge in [-0.3, -0.25) is 19.3 Å². The normalized spacial score (nSPS) is 21.0. The van der Waals surface area contributed by atoms with Crippen molar-refractivity contribution in [2.24, 2.45) is 0 Å². The second kappa shape index (κ2) is 8.89. The fourth-order valence-corrected chi connectivity index (χ4v) is 5.80. The number of aliphatic hydroxyl groups is 1. The van der Waals surface area contributed by atoms with Crippen LogP contribution in [0.25, 0.3) is 10.9 Å². The summed E-state index contributed by atoms with van der Waals surface area (Å²) in [6.07, 6.45) is -3.35. The molecule has 190 valence electrons. The van der Waals surface area contributed by atoms with Crippen molar-refractivity contribution in [1.82, 2.24) is 9.88 Å². The number of fused-ring (bicyclic) bond motifs is 1. The Morgan fingerprint density at radius 2 is 2.00 bits per heavy atom. The number of halogens is 1. The van der Waals surface area contributed by atoms with Crippen molar-refractivity contribution in [2.75, 3.05) is 22.5 Å². The van der Waals surface area contributed by atoms with E-state index in [4.69, 9.17) is 4.74 Å². The van der Waals surface area contributed by atoms with E-state index in [2.05, 4.69) is 10.6 Å². The van der Waals surface area contributed by atoms with Crippen LogP contribution in [0.3, 0.4) is 0 Å². The third kappa shape index (κ3) is 4.11. The third-order valence-corrected chi connectivity index (χ3v) is 7.83. The van der Waals surface area contributed by atoms with Gasteiger partial charge in [-0.2, -0.15) is 0 Å². The van der Waals surface area contributed by atoms with Crippen molar-refractivity contribution < 1.29 is 28.6 Å². The Bertz CT molecular complexity index is 1540. The summed E-state index contributed by atoms with van der Waals surface area (Å²) in [4.78, 5) is 51.5. The number of nitrogens with one attached hydrogen (secondary N) is 2. The van der Waals surface area contributed by atoms with E-state index in [1.54, 1.807) is 30.3 Å². The SMILES string of the molecule is O=C1CSc2ccc(N3C[C@H]([C@H](O)CC(=O)N[C@@H]4Cn5c(=O)ccc6ccc(F)c4c65)OC3=O)cc2N1. The molecule has 3 amide bonds. The molecule has 3 N–H and O–H groups in total. The van der Waals surface area contributed by atoms with E-state index < -0.39 is 36.1 Å². The van der Waals surface area contributed by atoms with Crippen LogP contribution in [0.15, 0.2) is 52.2 Å². The van der Waals surface area contributed by atoms with Crippen molar-refractivity contribution in [3.05, 3.63) is 64.2 Å². The standard InChI is InChI=1S/C25H21FN4O6S/c26-14-4-1-12-2-6-22(34)30-9-16(23(14)24(12)30)28-20(32)8-17(31)18-10-29(25(35)36-18)13-3-5-19-15(7-13)27-21(33)11-37-19/h1-7,16-18,31H,8-11H2,(H,27,33)(H,28,32)/t16-,17-,18-/m1/s1. The van der Waals surface area contributed by atoms with Gasteiger partial charge < -0.3 is 25.0 Å². The second-order valence-electron chi connectivity index (χ2n) is 9.12. The molecule has 0 spiro atoms. The zero-order valence-corrected chi connectivity index (χ0v) is 20.1. The van der Waals surface area contributed by atoms with Gasteiger partial charge in [-0.1, -0.05) is 0 Å². The van der Waals surface area contributed by atoms with Gasteiger partial charge in [0.2, 0.25) is 11.8 Å². The quantitative estimate of drug-likeness (QED) is 0.466. The molecule has 4 heterocycles. The molecule has 0 unspecified atom stereocenters. The second-order valence-corrected chi connectivity index (χ2v) is 10.1. The van der Waals surface area contributed by atoms with Gasteiger partial charge in [0.1, 0.15) is 18.0 Å². The number of rotatable bonds is 5. The highest BCUT2D eigenvalue weighted by Gasteiger charge is 2.38. The van der Waals surface area contributed by atoms with Gasteiger partial charge in [0.15, 0.2) is 0 Å². The lowest BCUT2D eigenvalue weighted by atomic mass is 10.0. The number of aromatic nitrogens is 1. The molecule has 3 aromatic rings. The number of benzene rings is 2. The van der Waals surface area contributed by atoms with Gasteiger partial charge in [0, 0.05) is 22.2 Å². The van der Waals surface area contributed by atoms with Crippen LogP contribution in [-0.4, -0.2) is 52.1 Å². The van der Waals surface area contributed by atoms with Gasteiger partial charge >= 0.3 is 6.09 Å². The minimum atomic E-state index is -1.31. The van der Waals surface area contributed by atoms with Crippen molar-refractivity contribution in [3.8, 4) is 0 Å². The molecule has 0 saturated carbocycles. The molecule has 6 rings (SSSR count). The monoisotopic (exact) mass is 524 g/mol. The summed E-state index contributed by atoms with van der Waals surface area (Å²) >= 11 is 1.40. The number of nitrogens with zero attached hydrogens (tertiary/aromatic N) is 2. The van der Waals surface area contributed by atoms with Crippen molar-refractivity contribution >= 4 is 51.9 Å². The Hall–Kier alpha value is -3.90. The molecular formula is C25H21FN4O6S. The van der Waals surface area contributed by atoms with Crippen LogP contribution in [0.1, 0.15) is 18.0 Å². The first-order valence-corrected chi connectivity index (χ1v) is 12.6. The summed E-state index contributed by atoms with van der Waals surface area (Å²) in [6, 6.07) is 10.3. The number of hydrogen-bond acceptors (Lipinski definition) is 7. The Labute approximate surface area is 213 Å². The molecule has 2 aromatic carbocycles. The third-order valence-electron chi connectivity index (χ3n) is 6.75. The molecule has 1 fully saturated rings. The molecule has 0 aliphatic carbocycles. The molecule has 12 heteroatoms. The highest BCUT2D eigenvalue weighted by atomic mass is 32.2. The lowest BCUT2D eigenvalue weighted by Crippen LogP contribution is -2.38. The predicted molar refractivity (Wildman–Crippen MR) is 133 cm³/mol. The smallest absolute Gasteiger partial charge is 0.414 e. The summed E-state index contributed by atoms with van der Waals surface area (Å²) in [5.74, 6) is -0.919. The molecule has 0 radical (unpaired) electrons. The number of ether oxygens (including phenoxy) is 1. The van der Waals surface area contributed by atoms with Crippen LogP contribution < -0.4 is 21.1 Å². The van der Waals surface area contributed by atoms with E-state index in [9.17, 15) is 28.7 Å². The molecule has 3 aliphatic heterocycles. The number of carbonyl (C=O) groups is 3. The summed E-state index contributed by atoms with van der Waals surface area (Å²) < 4.78 is 21.4. The van der Waals surface area contributed by atoms with Crippen LogP contribution in [0.4, 0.5) is 20.6 Å². The Balaban J connectivity index is 1.13. The molecule has 37 heavy (non-hydrogen) atoms. The average molecular weight is 525 g/mol. The van der Waals surface area contributed by atoms with Crippen molar-refractivity contribution in [1.29, 1.82) is 0 Å². The summed E-state index contributed by atoms with van der Waals surface area (Å²) in [6.45, 7) is 0.0823. The number of amides is 3. The molecule has 0 bridgehead atoms. The van der Waals surface area contributed by atoms with E-state index in [0.29, 0.717) is 28.0 Å². The van der Waals surface area contributed by atoms with Gasteiger partial charge in [0.25, 0.3) is 5.56 Å². The van der Waals surface area contributed by atoms with Gasteiger partial charge in [-0.25, -0.2) is 9.18 Å². The number of cyclic esters (lactones) is 1. The maximum atomic E-state index is 14.7. The molecule has 3 aliphatic rings. The van der Waals surface area contributed by atoms with Gasteiger partial charge in [-0.15, -0.1) is 11.8 Å². The van der Waals surface area contributed by atoms with E-state index in [1.165, 1.54) is 33.4 Å². The van der Waals surface area contributed by atoms with Crippen LogP contribution >= 0.6 is 11.8 Å². The van der Waals surface area contributed by atoms with E-state index in [-0.39, 0.29) is 36.5 Å². The minimum Gasteiger partial charge on any atom is -0.441 e.